The van der Waals surface area contributed by atoms with Crippen molar-refractivity contribution in [1.29, 1.82) is 0 Å². The number of hydrogen-bond donors (Lipinski definition) is 0. The van der Waals surface area contributed by atoms with Crippen LogP contribution >= 0.6 is 55.1 Å². The molecule has 0 N–H and O–H groups in total. The quantitative estimate of drug-likeness (QED) is 0.553. The van der Waals surface area contributed by atoms with Crippen molar-refractivity contribution in [3.8, 4) is 11.1 Å². The van der Waals surface area contributed by atoms with Crippen molar-refractivity contribution in [2.75, 3.05) is 0 Å². The van der Waals surface area contributed by atoms with Crippen molar-refractivity contribution in [3.05, 3.63) is 55.4 Å². The summed E-state index contributed by atoms with van der Waals surface area (Å²) in [4.78, 5) is 0. The third kappa shape index (κ3) is 2.62. The molecule has 0 saturated heterocycles. The van der Waals surface area contributed by atoms with E-state index >= 15 is 0 Å². The second-order valence-corrected chi connectivity index (χ2v) is 5.78. The lowest BCUT2D eigenvalue weighted by Gasteiger charge is -2.05. The summed E-state index contributed by atoms with van der Waals surface area (Å²) in [6.07, 6.45) is 0. The third-order valence-electron chi connectivity index (χ3n) is 2.17. The maximum Gasteiger partial charge on any atom is 0.0548 e. The van der Waals surface area contributed by atoms with Crippen molar-refractivity contribution in [1.82, 2.24) is 0 Å². The molecule has 2 aromatic rings. The first kappa shape index (κ1) is 12.4. The number of benzene rings is 2. The average Bonchev–Trinajstić information content (AvgIpc) is 2.26. The highest BCUT2D eigenvalue weighted by Crippen LogP contribution is 2.32. The summed E-state index contributed by atoms with van der Waals surface area (Å²) in [6.45, 7) is 0. The molecule has 4 heteroatoms. The molecule has 0 aliphatic rings. The number of rotatable bonds is 1. The number of hydrogen-bond acceptors (Lipinski definition) is 0. The normalized spacial score (nSPS) is 10.5. The van der Waals surface area contributed by atoms with E-state index in [0.29, 0.717) is 10.0 Å². The minimum absolute atomic E-state index is 0.705. The van der Waals surface area contributed by atoms with Gasteiger partial charge in [0.15, 0.2) is 0 Å². The van der Waals surface area contributed by atoms with Crippen molar-refractivity contribution in [3.63, 3.8) is 0 Å². The summed E-state index contributed by atoms with van der Waals surface area (Å²) in [5.74, 6) is 0. The van der Waals surface area contributed by atoms with E-state index in [-0.39, 0.29) is 0 Å². The molecular formula is C12H6Br2Cl2. The Labute approximate surface area is 121 Å². The predicted molar refractivity (Wildman–Crippen MR) is 77.3 cm³/mol. The standard InChI is InChI=1S/C12H6Br2Cl2/c13-9-5-7(1-3-11(9)15)8-2-4-12(16)10(14)6-8/h1-6H. The lowest BCUT2D eigenvalue weighted by Crippen LogP contribution is -1.79. The van der Waals surface area contributed by atoms with Crippen molar-refractivity contribution in [2.45, 2.75) is 0 Å². The van der Waals surface area contributed by atoms with Crippen molar-refractivity contribution >= 4 is 55.1 Å². The van der Waals surface area contributed by atoms with Crippen LogP contribution in [0.4, 0.5) is 0 Å². The zero-order valence-corrected chi connectivity index (χ0v) is 12.7. The average molecular weight is 381 g/mol. The van der Waals surface area contributed by atoms with Gasteiger partial charge >= 0.3 is 0 Å². The Morgan fingerprint density at radius 3 is 1.38 bits per heavy atom. The molecule has 0 atom stereocenters. The second-order valence-electron chi connectivity index (χ2n) is 3.26. The Morgan fingerprint density at radius 1 is 0.688 bits per heavy atom. The van der Waals surface area contributed by atoms with E-state index in [1.165, 1.54) is 0 Å². The van der Waals surface area contributed by atoms with Crippen LogP contribution in [0.1, 0.15) is 0 Å². The van der Waals surface area contributed by atoms with E-state index in [0.717, 1.165) is 20.1 Å². The lowest BCUT2D eigenvalue weighted by atomic mass is 10.1. The Bertz CT molecular complexity index is 489. The van der Waals surface area contributed by atoms with Gasteiger partial charge in [0.2, 0.25) is 0 Å². The van der Waals surface area contributed by atoms with Crippen molar-refractivity contribution in [2.24, 2.45) is 0 Å². The molecule has 0 spiro atoms. The van der Waals surface area contributed by atoms with Crippen LogP contribution in [0.2, 0.25) is 10.0 Å². The maximum atomic E-state index is 5.95. The predicted octanol–water partition coefficient (Wildman–Crippen LogP) is 6.19. The fourth-order valence-electron chi connectivity index (χ4n) is 1.35. The van der Waals surface area contributed by atoms with Gasteiger partial charge < -0.3 is 0 Å². The Kier molecular flexibility index (Phi) is 3.96. The Hall–Kier alpha value is -0.0200. The summed E-state index contributed by atoms with van der Waals surface area (Å²) >= 11 is 18.7. The summed E-state index contributed by atoms with van der Waals surface area (Å²) in [6, 6.07) is 11.6. The molecule has 0 aromatic heterocycles. The van der Waals surface area contributed by atoms with E-state index < -0.39 is 0 Å². The highest BCUT2D eigenvalue weighted by atomic mass is 79.9. The number of halogens is 4. The van der Waals surface area contributed by atoms with Crippen LogP contribution in [0.3, 0.4) is 0 Å². The van der Waals surface area contributed by atoms with Gasteiger partial charge in [-0.3, -0.25) is 0 Å². The first-order valence-corrected chi connectivity index (χ1v) is 6.82. The van der Waals surface area contributed by atoms with E-state index in [2.05, 4.69) is 31.9 Å². The van der Waals surface area contributed by atoms with Crippen molar-refractivity contribution < 1.29 is 0 Å². The summed E-state index contributed by atoms with van der Waals surface area (Å²) in [7, 11) is 0. The van der Waals surface area contributed by atoms with Gasteiger partial charge in [-0.15, -0.1) is 0 Å². The second kappa shape index (κ2) is 5.09. The minimum Gasteiger partial charge on any atom is -0.0831 e. The lowest BCUT2D eigenvalue weighted by molar-refractivity contribution is 1.57. The third-order valence-corrected chi connectivity index (χ3v) is 4.60. The molecule has 2 rings (SSSR count). The molecule has 0 amide bonds. The van der Waals surface area contributed by atoms with Crippen LogP contribution < -0.4 is 0 Å². The van der Waals surface area contributed by atoms with Gasteiger partial charge in [0, 0.05) is 8.95 Å². The van der Waals surface area contributed by atoms with Crippen LogP contribution in [-0.4, -0.2) is 0 Å². The fraction of sp³-hybridized carbons (Fsp3) is 0. The van der Waals surface area contributed by atoms with E-state index in [1.54, 1.807) is 0 Å². The molecule has 0 radical (unpaired) electrons. The molecule has 0 fully saturated rings. The van der Waals surface area contributed by atoms with E-state index in [1.807, 2.05) is 36.4 Å². The van der Waals surface area contributed by atoms with Crippen LogP contribution in [-0.2, 0) is 0 Å². The molecule has 0 heterocycles. The monoisotopic (exact) mass is 378 g/mol. The molecule has 0 bridgehead atoms. The molecule has 82 valence electrons. The topological polar surface area (TPSA) is 0 Å². The van der Waals surface area contributed by atoms with Crippen LogP contribution in [0, 0.1) is 0 Å². The minimum atomic E-state index is 0.705. The van der Waals surface area contributed by atoms with E-state index in [4.69, 9.17) is 23.2 Å². The van der Waals surface area contributed by atoms with Gasteiger partial charge in [-0.2, -0.15) is 0 Å². The molecular weight excluding hydrogens is 375 g/mol. The molecule has 0 aliphatic carbocycles. The van der Waals surface area contributed by atoms with Crippen LogP contribution in [0.5, 0.6) is 0 Å². The maximum absolute atomic E-state index is 5.95. The van der Waals surface area contributed by atoms with Gasteiger partial charge in [-0.05, 0) is 67.3 Å². The molecule has 16 heavy (non-hydrogen) atoms. The smallest absolute Gasteiger partial charge is 0.0548 e. The molecule has 0 unspecified atom stereocenters. The Morgan fingerprint density at radius 2 is 1.06 bits per heavy atom. The summed E-state index contributed by atoms with van der Waals surface area (Å²) in [5, 5.41) is 1.41. The molecule has 2 aromatic carbocycles. The highest BCUT2D eigenvalue weighted by Gasteiger charge is 2.04. The van der Waals surface area contributed by atoms with Crippen LogP contribution in [0.25, 0.3) is 11.1 Å². The van der Waals surface area contributed by atoms with Gasteiger partial charge in [0.1, 0.15) is 0 Å². The van der Waals surface area contributed by atoms with Gasteiger partial charge in [-0.1, -0.05) is 35.3 Å². The first-order valence-electron chi connectivity index (χ1n) is 4.48. The molecule has 0 aliphatic heterocycles. The van der Waals surface area contributed by atoms with Gasteiger partial charge in [0.25, 0.3) is 0 Å². The van der Waals surface area contributed by atoms with Crippen LogP contribution in [0.15, 0.2) is 45.3 Å². The summed E-state index contributed by atoms with van der Waals surface area (Å²) < 4.78 is 1.77. The fourth-order valence-corrected chi connectivity index (χ4v) is 2.34. The SMILES string of the molecule is Clc1ccc(-c2ccc(Cl)c(Br)c2)cc1Br. The Balaban J connectivity index is 2.50. The first-order chi connectivity index (χ1) is 7.58. The van der Waals surface area contributed by atoms with E-state index in [9.17, 15) is 0 Å². The summed E-state index contributed by atoms with van der Waals surface area (Å²) in [5.41, 5.74) is 2.18. The van der Waals surface area contributed by atoms with Gasteiger partial charge in [-0.25, -0.2) is 0 Å². The zero-order valence-electron chi connectivity index (χ0n) is 7.98. The zero-order chi connectivity index (χ0) is 11.7. The molecule has 0 saturated carbocycles. The highest BCUT2D eigenvalue weighted by molar-refractivity contribution is 9.10. The molecule has 0 nitrogen and oxygen atoms in total. The largest absolute Gasteiger partial charge is 0.0831 e. The van der Waals surface area contributed by atoms with Gasteiger partial charge in [0.05, 0.1) is 10.0 Å².